The molecule has 1 aromatic carbocycles. The lowest BCUT2D eigenvalue weighted by molar-refractivity contribution is -0.144. The van der Waals surface area contributed by atoms with Crippen LogP contribution in [0.3, 0.4) is 0 Å². The van der Waals surface area contributed by atoms with Crippen LogP contribution in [0.25, 0.3) is 11.3 Å². The van der Waals surface area contributed by atoms with E-state index in [0.29, 0.717) is 18.7 Å². The molecule has 104 valence electrons. The normalized spacial score (nSPS) is 22.6. The molecule has 1 aliphatic rings. The largest absolute Gasteiger partial charge is 0.373 e. The molecule has 2 aromatic rings. The number of carbonyl (C=O) groups excluding carboxylic acids is 1. The maximum atomic E-state index is 12.0. The van der Waals surface area contributed by atoms with Gasteiger partial charge in [-0.1, -0.05) is 33.2 Å². The molecular weight excluding hydrogens is 324 g/mol. The van der Waals surface area contributed by atoms with Crippen molar-refractivity contribution in [1.82, 2.24) is 10.1 Å². The van der Waals surface area contributed by atoms with Crippen LogP contribution in [-0.4, -0.2) is 34.7 Å². The second-order valence-electron chi connectivity index (χ2n) is 4.92. The summed E-state index contributed by atoms with van der Waals surface area (Å²) in [5.41, 5.74) is -0.139. The van der Waals surface area contributed by atoms with Crippen molar-refractivity contribution in [3.8, 4) is 11.3 Å². The van der Waals surface area contributed by atoms with E-state index in [1.165, 1.54) is 4.90 Å². The number of nitrogens with zero attached hydrogens (tertiary/aromatic N) is 2. The van der Waals surface area contributed by atoms with Crippen molar-refractivity contribution in [2.24, 2.45) is 0 Å². The number of aromatic nitrogens is 1. The second kappa shape index (κ2) is 4.71. The standard InChI is InChI=1S/C14H13BrN2O3/c1-17-6-5-14(19,13(17)18)12-8-11(16-20-12)9-3-2-4-10(15)7-9/h2-4,7-8,19H,5-6H2,1H3. The molecule has 0 saturated carbocycles. The fourth-order valence-corrected chi connectivity index (χ4v) is 2.74. The summed E-state index contributed by atoms with van der Waals surface area (Å²) in [7, 11) is 1.66. The van der Waals surface area contributed by atoms with Gasteiger partial charge in [-0.2, -0.15) is 0 Å². The third-order valence-electron chi connectivity index (χ3n) is 3.55. The molecule has 20 heavy (non-hydrogen) atoms. The first-order valence-electron chi connectivity index (χ1n) is 6.22. The number of likely N-dealkylation sites (tertiary alicyclic amines) is 1. The zero-order valence-corrected chi connectivity index (χ0v) is 12.4. The highest BCUT2D eigenvalue weighted by molar-refractivity contribution is 9.10. The van der Waals surface area contributed by atoms with Crippen LogP contribution in [0.5, 0.6) is 0 Å². The monoisotopic (exact) mass is 336 g/mol. The van der Waals surface area contributed by atoms with Gasteiger partial charge >= 0.3 is 0 Å². The van der Waals surface area contributed by atoms with Gasteiger partial charge < -0.3 is 14.5 Å². The first kappa shape index (κ1) is 13.3. The van der Waals surface area contributed by atoms with Crippen molar-refractivity contribution >= 4 is 21.8 Å². The van der Waals surface area contributed by atoms with E-state index in [9.17, 15) is 9.90 Å². The van der Waals surface area contributed by atoms with E-state index >= 15 is 0 Å². The summed E-state index contributed by atoms with van der Waals surface area (Å²) in [4.78, 5) is 13.5. The summed E-state index contributed by atoms with van der Waals surface area (Å²) >= 11 is 3.39. The van der Waals surface area contributed by atoms with Crippen molar-refractivity contribution < 1.29 is 14.4 Å². The molecule has 0 spiro atoms. The summed E-state index contributed by atoms with van der Waals surface area (Å²) in [5.74, 6) is -0.156. The molecule has 1 unspecified atom stereocenters. The topological polar surface area (TPSA) is 66.6 Å². The number of hydrogen-bond acceptors (Lipinski definition) is 4. The Morgan fingerprint density at radius 2 is 2.25 bits per heavy atom. The highest BCUT2D eigenvalue weighted by Gasteiger charge is 2.48. The molecule has 1 aromatic heterocycles. The fraction of sp³-hybridized carbons (Fsp3) is 0.286. The number of amides is 1. The smallest absolute Gasteiger partial charge is 0.262 e. The number of rotatable bonds is 2. The Labute approximate surface area is 124 Å². The molecule has 5 nitrogen and oxygen atoms in total. The van der Waals surface area contributed by atoms with Crippen LogP contribution in [0.4, 0.5) is 0 Å². The number of aliphatic hydroxyl groups is 1. The van der Waals surface area contributed by atoms with Crippen LogP contribution < -0.4 is 0 Å². The molecule has 1 atom stereocenters. The Hall–Kier alpha value is -1.66. The van der Waals surface area contributed by atoms with Gasteiger partial charge in [0, 0.05) is 36.1 Å². The number of likely N-dealkylation sites (N-methyl/N-ethyl adjacent to an activating group) is 1. The maximum Gasteiger partial charge on any atom is 0.262 e. The number of halogens is 1. The second-order valence-corrected chi connectivity index (χ2v) is 5.84. The minimum atomic E-state index is -1.59. The zero-order valence-electron chi connectivity index (χ0n) is 10.8. The predicted octanol–water partition coefficient (Wildman–Crippen LogP) is 2.15. The van der Waals surface area contributed by atoms with Gasteiger partial charge in [0.1, 0.15) is 5.69 Å². The average Bonchev–Trinajstić information content (AvgIpc) is 3.02. The molecule has 1 aliphatic heterocycles. The SMILES string of the molecule is CN1CCC(O)(c2cc(-c3cccc(Br)c3)no2)C1=O. The quantitative estimate of drug-likeness (QED) is 0.912. The van der Waals surface area contributed by atoms with Crippen LogP contribution in [-0.2, 0) is 10.4 Å². The van der Waals surface area contributed by atoms with Crippen LogP contribution in [0.2, 0.25) is 0 Å². The van der Waals surface area contributed by atoms with E-state index < -0.39 is 5.60 Å². The van der Waals surface area contributed by atoms with Gasteiger partial charge in [0.05, 0.1) is 0 Å². The molecule has 1 amide bonds. The molecule has 1 fully saturated rings. The Kier molecular flexibility index (Phi) is 3.14. The van der Waals surface area contributed by atoms with Crippen molar-refractivity contribution in [3.63, 3.8) is 0 Å². The van der Waals surface area contributed by atoms with Crippen molar-refractivity contribution in [2.75, 3.05) is 13.6 Å². The summed E-state index contributed by atoms with van der Waals surface area (Å²) in [6, 6.07) is 9.20. The van der Waals surface area contributed by atoms with Gasteiger partial charge in [-0.15, -0.1) is 0 Å². The van der Waals surface area contributed by atoms with Gasteiger partial charge in [-0.05, 0) is 12.1 Å². The van der Waals surface area contributed by atoms with Gasteiger partial charge in [0.15, 0.2) is 5.76 Å². The molecule has 1 saturated heterocycles. The van der Waals surface area contributed by atoms with E-state index in [1.54, 1.807) is 13.1 Å². The van der Waals surface area contributed by atoms with Gasteiger partial charge in [0.25, 0.3) is 5.91 Å². The van der Waals surface area contributed by atoms with E-state index in [4.69, 9.17) is 4.52 Å². The van der Waals surface area contributed by atoms with Gasteiger partial charge in [-0.25, -0.2) is 0 Å². The minimum absolute atomic E-state index is 0.196. The molecule has 2 heterocycles. The Balaban J connectivity index is 1.97. The molecular formula is C14H13BrN2O3. The van der Waals surface area contributed by atoms with Crippen LogP contribution in [0.1, 0.15) is 12.2 Å². The predicted molar refractivity (Wildman–Crippen MR) is 75.8 cm³/mol. The van der Waals surface area contributed by atoms with Crippen molar-refractivity contribution in [1.29, 1.82) is 0 Å². The van der Waals surface area contributed by atoms with Crippen LogP contribution in [0.15, 0.2) is 39.3 Å². The molecule has 3 rings (SSSR count). The lowest BCUT2D eigenvalue weighted by Gasteiger charge is -2.16. The summed E-state index contributed by atoms with van der Waals surface area (Å²) in [5, 5.41) is 14.4. The maximum absolute atomic E-state index is 12.0. The van der Waals surface area contributed by atoms with E-state index in [0.717, 1.165) is 10.0 Å². The van der Waals surface area contributed by atoms with Crippen LogP contribution >= 0.6 is 15.9 Å². The first-order chi connectivity index (χ1) is 9.50. The molecule has 1 N–H and O–H groups in total. The van der Waals surface area contributed by atoms with Crippen molar-refractivity contribution in [3.05, 3.63) is 40.6 Å². The van der Waals surface area contributed by atoms with Crippen LogP contribution in [0, 0.1) is 0 Å². The third kappa shape index (κ3) is 2.05. The van der Waals surface area contributed by atoms with Gasteiger partial charge in [-0.3, -0.25) is 4.79 Å². The zero-order chi connectivity index (χ0) is 14.3. The summed E-state index contributed by atoms with van der Waals surface area (Å²) in [6.45, 7) is 0.502. The average molecular weight is 337 g/mol. The first-order valence-corrected chi connectivity index (χ1v) is 7.01. The fourth-order valence-electron chi connectivity index (χ4n) is 2.34. The van der Waals surface area contributed by atoms with E-state index in [2.05, 4.69) is 21.1 Å². The van der Waals surface area contributed by atoms with Gasteiger partial charge in [0.2, 0.25) is 5.60 Å². The third-order valence-corrected chi connectivity index (χ3v) is 4.04. The molecule has 0 radical (unpaired) electrons. The molecule has 6 heteroatoms. The highest BCUT2D eigenvalue weighted by atomic mass is 79.9. The molecule has 0 aliphatic carbocycles. The van der Waals surface area contributed by atoms with E-state index in [-0.39, 0.29) is 11.7 Å². The lowest BCUT2D eigenvalue weighted by Crippen LogP contribution is -2.35. The lowest BCUT2D eigenvalue weighted by atomic mass is 9.98. The number of hydrogen-bond donors (Lipinski definition) is 1. The molecule has 0 bridgehead atoms. The Morgan fingerprint density at radius 3 is 2.90 bits per heavy atom. The number of carbonyl (C=O) groups is 1. The van der Waals surface area contributed by atoms with Crippen molar-refractivity contribution in [2.45, 2.75) is 12.0 Å². The summed E-state index contributed by atoms with van der Waals surface area (Å²) in [6.07, 6.45) is 0.315. The Morgan fingerprint density at radius 1 is 1.45 bits per heavy atom. The highest BCUT2D eigenvalue weighted by Crippen LogP contribution is 2.34. The summed E-state index contributed by atoms with van der Waals surface area (Å²) < 4.78 is 6.13. The number of benzene rings is 1. The minimum Gasteiger partial charge on any atom is -0.373 e. The Bertz CT molecular complexity index is 670. The van der Waals surface area contributed by atoms with E-state index in [1.807, 2.05) is 24.3 Å².